The van der Waals surface area contributed by atoms with Crippen molar-refractivity contribution in [3.05, 3.63) is 81.8 Å². The van der Waals surface area contributed by atoms with Crippen molar-refractivity contribution in [2.24, 2.45) is 0 Å². The molecule has 0 saturated carbocycles. The Morgan fingerprint density at radius 1 is 0.912 bits per heavy atom. The second-order valence-corrected chi connectivity index (χ2v) is 8.60. The molecular formula is C25H22BrClN2O5. The van der Waals surface area contributed by atoms with Gasteiger partial charge in [0.05, 0.1) is 11.4 Å². The van der Waals surface area contributed by atoms with Crippen LogP contribution in [-0.4, -0.2) is 24.4 Å². The number of aryl methyl sites for hydroxylation is 1. The average Bonchev–Trinajstić information content (AvgIpc) is 2.81. The summed E-state index contributed by atoms with van der Waals surface area (Å²) in [4.78, 5) is 36.0. The topological polar surface area (TPSA) is 93.7 Å². The van der Waals surface area contributed by atoms with Crippen LogP contribution in [0.2, 0.25) is 5.02 Å². The van der Waals surface area contributed by atoms with Gasteiger partial charge in [0, 0.05) is 22.3 Å². The normalized spacial score (nSPS) is 10.3. The Hall–Kier alpha value is -3.36. The number of benzene rings is 3. The molecule has 0 aliphatic heterocycles. The van der Waals surface area contributed by atoms with Crippen molar-refractivity contribution < 1.29 is 23.9 Å². The van der Waals surface area contributed by atoms with Crippen molar-refractivity contribution in [3.8, 4) is 11.5 Å². The van der Waals surface area contributed by atoms with E-state index in [1.165, 1.54) is 0 Å². The quantitative estimate of drug-likeness (QED) is 0.317. The minimum atomic E-state index is -0.638. The summed E-state index contributed by atoms with van der Waals surface area (Å²) < 4.78 is 11.6. The van der Waals surface area contributed by atoms with Gasteiger partial charge in [0.1, 0.15) is 11.5 Å². The number of carbonyl (C=O) groups is 3. The zero-order valence-corrected chi connectivity index (χ0v) is 20.6. The summed E-state index contributed by atoms with van der Waals surface area (Å²) in [5, 5.41) is 5.87. The van der Waals surface area contributed by atoms with Gasteiger partial charge >= 0.3 is 5.97 Å². The van der Waals surface area contributed by atoms with E-state index in [4.69, 9.17) is 21.1 Å². The summed E-state index contributed by atoms with van der Waals surface area (Å²) in [5.74, 6) is -0.360. The number of nitrogens with one attached hydrogen (secondary N) is 2. The first kappa shape index (κ1) is 25.3. The molecule has 0 unspecified atom stereocenters. The molecule has 9 heteroatoms. The lowest BCUT2D eigenvalue weighted by Gasteiger charge is -2.10. The number of amides is 2. The number of anilines is 2. The van der Waals surface area contributed by atoms with E-state index in [-0.39, 0.29) is 18.7 Å². The molecule has 0 atom stereocenters. The monoisotopic (exact) mass is 544 g/mol. The first-order valence-corrected chi connectivity index (χ1v) is 11.5. The van der Waals surface area contributed by atoms with Gasteiger partial charge < -0.3 is 20.1 Å². The first-order chi connectivity index (χ1) is 16.3. The molecule has 34 heavy (non-hydrogen) atoms. The van der Waals surface area contributed by atoms with Crippen LogP contribution >= 0.6 is 27.5 Å². The Labute approximate surface area is 210 Å². The fourth-order valence-corrected chi connectivity index (χ4v) is 3.52. The molecule has 3 aromatic carbocycles. The van der Waals surface area contributed by atoms with Gasteiger partial charge in [0.25, 0.3) is 5.91 Å². The molecule has 0 aliphatic carbocycles. The van der Waals surface area contributed by atoms with Crippen LogP contribution in [0.4, 0.5) is 11.4 Å². The summed E-state index contributed by atoms with van der Waals surface area (Å²) in [6.45, 7) is 1.42. The van der Waals surface area contributed by atoms with Crippen LogP contribution in [0, 0.1) is 6.92 Å². The van der Waals surface area contributed by atoms with Crippen LogP contribution < -0.4 is 15.4 Å². The molecule has 3 rings (SSSR count). The van der Waals surface area contributed by atoms with Crippen molar-refractivity contribution >= 4 is 56.7 Å². The standard InChI is InChI=1S/C25H22BrClN2O5/c1-16-14-17(26)6-11-21(16)29-24(31)15-33-25(32)13-12-23(30)28-18-7-9-19(10-8-18)34-22-5-3-2-4-20(22)27/h2-11,14H,12-13,15H2,1H3,(H,28,30)(H,29,31). The molecule has 0 saturated heterocycles. The van der Waals surface area contributed by atoms with Crippen molar-refractivity contribution in [2.45, 2.75) is 19.8 Å². The third-order valence-corrected chi connectivity index (χ3v) is 5.39. The Kier molecular flexibility index (Phi) is 9.07. The highest BCUT2D eigenvalue weighted by Gasteiger charge is 2.12. The second kappa shape index (κ2) is 12.2. The number of rotatable bonds is 9. The molecule has 7 nitrogen and oxygen atoms in total. The van der Waals surface area contributed by atoms with Crippen molar-refractivity contribution in [1.82, 2.24) is 0 Å². The molecule has 0 spiro atoms. The Morgan fingerprint density at radius 2 is 1.65 bits per heavy atom. The molecule has 3 aromatic rings. The fraction of sp³-hybridized carbons (Fsp3) is 0.160. The van der Waals surface area contributed by atoms with Gasteiger partial charge in [-0.3, -0.25) is 14.4 Å². The Morgan fingerprint density at radius 3 is 2.35 bits per heavy atom. The highest BCUT2D eigenvalue weighted by atomic mass is 79.9. The van der Waals surface area contributed by atoms with Gasteiger partial charge in [-0.2, -0.15) is 0 Å². The zero-order chi connectivity index (χ0) is 24.5. The van der Waals surface area contributed by atoms with E-state index in [0.717, 1.165) is 10.0 Å². The molecule has 2 N–H and O–H groups in total. The zero-order valence-electron chi connectivity index (χ0n) is 18.3. The van der Waals surface area contributed by atoms with Crippen molar-refractivity contribution in [1.29, 1.82) is 0 Å². The van der Waals surface area contributed by atoms with E-state index >= 15 is 0 Å². The van der Waals surface area contributed by atoms with E-state index < -0.39 is 18.5 Å². The number of halogens is 2. The van der Waals surface area contributed by atoms with E-state index in [1.807, 2.05) is 25.1 Å². The molecule has 0 fully saturated rings. The largest absolute Gasteiger partial charge is 0.456 e. The second-order valence-electron chi connectivity index (χ2n) is 7.27. The molecule has 176 valence electrons. The molecular weight excluding hydrogens is 524 g/mol. The maximum Gasteiger partial charge on any atom is 0.306 e. The van der Waals surface area contributed by atoms with E-state index in [2.05, 4.69) is 26.6 Å². The van der Waals surface area contributed by atoms with Crippen LogP contribution in [0.15, 0.2) is 71.2 Å². The maximum absolute atomic E-state index is 12.1. The van der Waals surface area contributed by atoms with E-state index in [0.29, 0.717) is 27.9 Å². The number of esters is 1. The number of hydrogen-bond donors (Lipinski definition) is 2. The van der Waals surface area contributed by atoms with Crippen LogP contribution in [0.5, 0.6) is 11.5 Å². The van der Waals surface area contributed by atoms with Crippen molar-refractivity contribution in [3.63, 3.8) is 0 Å². The lowest BCUT2D eigenvalue weighted by atomic mass is 10.2. The molecule has 0 radical (unpaired) electrons. The molecule has 0 aliphatic rings. The summed E-state index contributed by atoms with van der Waals surface area (Å²) in [7, 11) is 0. The summed E-state index contributed by atoms with van der Waals surface area (Å²) in [6.07, 6.45) is -0.228. The number of ether oxygens (including phenoxy) is 2. The number of para-hydroxylation sites is 1. The lowest BCUT2D eigenvalue weighted by molar-refractivity contribution is -0.147. The average molecular weight is 546 g/mol. The van der Waals surface area contributed by atoms with E-state index in [1.54, 1.807) is 48.5 Å². The Bertz CT molecular complexity index is 1180. The predicted molar refractivity (Wildman–Crippen MR) is 134 cm³/mol. The van der Waals surface area contributed by atoms with Crippen LogP contribution in [0.25, 0.3) is 0 Å². The molecule has 0 aromatic heterocycles. The Balaban J connectivity index is 1.38. The summed E-state index contributed by atoms with van der Waals surface area (Å²) in [5.41, 5.74) is 2.05. The third-order valence-electron chi connectivity index (χ3n) is 4.59. The molecule has 0 bridgehead atoms. The highest BCUT2D eigenvalue weighted by molar-refractivity contribution is 9.10. The van der Waals surface area contributed by atoms with Gasteiger partial charge in [-0.15, -0.1) is 0 Å². The first-order valence-electron chi connectivity index (χ1n) is 10.3. The van der Waals surface area contributed by atoms with Gasteiger partial charge in [-0.25, -0.2) is 0 Å². The maximum atomic E-state index is 12.1. The van der Waals surface area contributed by atoms with Crippen LogP contribution in [-0.2, 0) is 19.1 Å². The summed E-state index contributed by atoms with van der Waals surface area (Å²) >= 11 is 9.43. The minimum Gasteiger partial charge on any atom is -0.456 e. The van der Waals surface area contributed by atoms with Crippen molar-refractivity contribution in [2.75, 3.05) is 17.2 Å². The van der Waals surface area contributed by atoms with E-state index in [9.17, 15) is 14.4 Å². The van der Waals surface area contributed by atoms with Crippen LogP contribution in [0.1, 0.15) is 18.4 Å². The summed E-state index contributed by atoms with van der Waals surface area (Å²) in [6, 6.07) is 19.3. The fourth-order valence-electron chi connectivity index (χ4n) is 2.87. The van der Waals surface area contributed by atoms with Gasteiger partial charge in [0.2, 0.25) is 5.91 Å². The van der Waals surface area contributed by atoms with Gasteiger partial charge in [0.15, 0.2) is 6.61 Å². The number of carbonyl (C=O) groups excluding carboxylic acids is 3. The highest BCUT2D eigenvalue weighted by Crippen LogP contribution is 2.29. The van der Waals surface area contributed by atoms with Crippen LogP contribution in [0.3, 0.4) is 0 Å². The van der Waals surface area contributed by atoms with Gasteiger partial charge in [-0.1, -0.05) is 39.7 Å². The van der Waals surface area contributed by atoms with Gasteiger partial charge in [-0.05, 0) is 67.1 Å². The number of hydrogen-bond acceptors (Lipinski definition) is 5. The smallest absolute Gasteiger partial charge is 0.306 e. The third kappa shape index (κ3) is 7.90. The minimum absolute atomic E-state index is 0.0792. The SMILES string of the molecule is Cc1cc(Br)ccc1NC(=O)COC(=O)CCC(=O)Nc1ccc(Oc2ccccc2Cl)cc1. The lowest BCUT2D eigenvalue weighted by Crippen LogP contribution is -2.22. The molecule has 0 heterocycles. The molecule has 2 amide bonds. The predicted octanol–water partition coefficient (Wildman–Crippen LogP) is 6.10.